The molecule has 0 aromatic carbocycles. The quantitative estimate of drug-likeness (QED) is 0.202. The minimum atomic E-state index is -0.0926. The third-order valence-corrected chi connectivity index (χ3v) is 6.80. The molecule has 0 bridgehead atoms. The zero-order valence-electron chi connectivity index (χ0n) is 17.1. The molecule has 1 unspecified atom stereocenters. The van der Waals surface area contributed by atoms with Crippen LogP contribution in [0.4, 0.5) is 0 Å². The van der Waals surface area contributed by atoms with Crippen LogP contribution in [-0.4, -0.2) is 10.7 Å². The zero-order chi connectivity index (χ0) is 18.7. The lowest BCUT2D eigenvalue weighted by atomic mass is 9.68. The Morgan fingerprint density at radius 3 is 2.31 bits per heavy atom. The number of thiocarbonyl (C=S) groups is 1. The third kappa shape index (κ3) is 6.46. The standard InChI is InChI=1S/C24H39NS/c1-3-5-6-7-8-9-10-11-22-12-14-23(15-13-22)24(25-20-26)18-16-21(4-2)17-19-24/h16-18,22-23H,3-15,19H2,1-2H3. The van der Waals surface area contributed by atoms with Crippen molar-refractivity contribution in [3.8, 4) is 0 Å². The highest BCUT2D eigenvalue weighted by molar-refractivity contribution is 7.78. The maximum absolute atomic E-state index is 4.99. The molecule has 1 nitrogen and oxygen atoms in total. The summed E-state index contributed by atoms with van der Waals surface area (Å²) in [4.78, 5) is 4.68. The number of hydrogen-bond acceptors (Lipinski definition) is 2. The van der Waals surface area contributed by atoms with Crippen molar-refractivity contribution < 1.29 is 0 Å². The van der Waals surface area contributed by atoms with Crippen LogP contribution in [-0.2, 0) is 0 Å². The summed E-state index contributed by atoms with van der Waals surface area (Å²) in [5, 5.41) is 2.71. The summed E-state index contributed by atoms with van der Waals surface area (Å²) in [6, 6.07) is 0. The van der Waals surface area contributed by atoms with Gasteiger partial charge < -0.3 is 0 Å². The van der Waals surface area contributed by atoms with Gasteiger partial charge in [0.2, 0.25) is 0 Å². The van der Waals surface area contributed by atoms with Crippen LogP contribution in [0, 0.1) is 11.8 Å². The molecule has 1 saturated carbocycles. The van der Waals surface area contributed by atoms with Crippen LogP contribution in [0.3, 0.4) is 0 Å². The largest absolute Gasteiger partial charge is 0.221 e. The van der Waals surface area contributed by atoms with E-state index < -0.39 is 0 Å². The minimum absolute atomic E-state index is 0.0926. The van der Waals surface area contributed by atoms with Crippen LogP contribution in [0.25, 0.3) is 0 Å². The lowest BCUT2D eigenvalue weighted by Gasteiger charge is -2.40. The molecule has 2 aliphatic rings. The molecule has 2 rings (SSSR count). The summed E-state index contributed by atoms with van der Waals surface area (Å²) in [6.07, 6.45) is 25.9. The fraction of sp³-hybridized carbons (Fsp3) is 0.792. The number of aliphatic imine (C=N–C) groups is 1. The Morgan fingerprint density at radius 2 is 1.73 bits per heavy atom. The topological polar surface area (TPSA) is 12.4 Å². The normalized spacial score (nSPS) is 28.5. The lowest BCUT2D eigenvalue weighted by Crippen LogP contribution is -2.37. The van der Waals surface area contributed by atoms with E-state index in [2.05, 4.69) is 42.2 Å². The average Bonchev–Trinajstić information content (AvgIpc) is 2.68. The Balaban J connectivity index is 1.72. The molecule has 26 heavy (non-hydrogen) atoms. The number of nitrogens with zero attached hydrogens (tertiary/aromatic N) is 1. The molecule has 0 spiro atoms. The first-order valence-electron chi connectivity index (χ1n) is 11.2. The van der Waals surface area contributed by atoms with Crippen molar-refractivity contribution in [3.05, 3.63) is 23.8 Å². The summed E-state index contributed by atoms with van der Waals surface area (Å²) in [5.74, 6) is 1.60. The molecule has 0 heterocycles. The van der Waals surface area contributed by atoms with Crippen molar-refractivity contribution in [1.82, 2.24) is 0 Å². The van der Waals surface area contributed by atoms with E-state index >= 15 is 0 Å². The summed E-state index contributed by atoms with van der Waals surface area (Å²) in [5.41, 5.74) is 1.35. The van der Waals surface area contributed by atoms with Crippen LogP contribution in [0.1, 0.15) is 104 Å². The van der Waals surface area contributed by atoms with E-state index in [1.807, 2.05) is 0 Å². The monoisotopic (exact) mass is 373 g/mol. The van der Waals surface area contributed by atoms with Crippen LogP contribution in [0.2, 0.25) is 0 Å². The van der Waals surface area contributed by atoms with E-state index in [0.717, 1.165) is 18.8 Å². The van der Waals surface area contributed by atoms with Gasteiger partial charge in [-0.05, 0) is 49.7 Å². The summed E-state index contributed by atoms with van der Waals surface area (Å²) < 4.78 is 0. The van der Waals surface area contributed by atoms with Gasteiger partial charge in [-0.25, -0.2) is 4.99 Å². The molecule has 0 N–H and O–H groups in total. The fourth-order valence-corrected chi connectivity index (χ4v) is 5.02. The van der Waals surface area contributed by atoms with Gasteiger partial charge in [0.25, 0.3) is 0 Å². The highest BCUT2D eigenvalue weighted by atomic mass is 32.1. The fourth-order valence-electron chi connectivity index (χ4n) is 4.85. The Hall–Kier alpha value is -0.720. The minimum Gasteiger partial charge on any atom is -0.221 e. The van der Waals surface area contributed by atoms with Gasteiger partial charge in [-0.15, -0.1) is 0 Å². The van der Waals surface area contributed by atoms with Crippen molar-refractivity contribution in [2.24, 2.45) is 16.8 Å². The molecule has 0 aliphatic heterocycles. The first kappa shape index (κ1) is 21.6. The second-order valence-electron chi connectivity index (χ2n) is 8.49. The first-order chi connectivity index (χ1) is 12.7. The highest BCUT2D eigenvalue weighted by Gasteiger charge is 2.38. The van der Waals surface area contributed by atoms with Gasteiger partial charge in [0.05, 0.1) is 10.7 Å². The van der Waals surface area contributed by atoms with Crippen LogP contribution >= 0.6 is 12.2 Å². The van der Waals surface area contributed by atoms with E-state index in [-0.39, 0.29) is 5.54 Å². The smallest absolute Gasteiger partial charge is 0.0956 e. The number of allylic oxidation sites excluding steroid dienone is 2. The number of isothiocyanates is 1. The average molecular weight is 374 g/mol. The van der Waals surface area contributed by atoms with Gasteiger partial charge in [-0.2, -0.15) is 0 Å². The second-order valence-corrected chi connectivity index (χ2v) is 8.67. The molecule has 0 aromatic rings. The SMILES string of the molecule is CCCCCCCCCC1CCC(C2(N=C=S)C=CC(CC)=CC2)CC1. The molecule has 0 radical (unpaired) electrons. The van der Waals surface area contributed by atoms with Crippen molar-refractivity contribution in [1.29, 1.82) is 0 Å². The molecular weight excluding hydrogens is 334 g/mol. The molecule has 146 valence electrons. The van der Waals surface area contributed by atoms with Gasteiger partial charge in [0.15, 0.2) is 0 Å². The molecule has 1 atom stereocenters. The zero-order valence-corrected chi connectivity index (χ0v) is 18.0. The van der Waals surface area contributed by atoms with Crippen molar-refractivity contribution >= 4 is 17.4 Å². The number of rotatable bonds is 11. The lowest BCUT2D eigenvalue weighted by molar-refractivity contribution is 0.197. The van der Waals surface area contributed by atoms with E-state index in [1.54, 1.807) is 0 Å². The highest BCUT2D eigenvalue weighted by Crippen LogP contribution is 2.43. The molecule has 0 amide bonds. The first-order valence-corrected chi connectivity index (χ1v) is 11.6. The van der Waals surface area contributed by atoms with Crippen molar-refractivity contribution in [3.63, 3.8) is 0 Å². The maximum atomic E-state index is 4.99. The predicted molar refractivity (Wildman–Crippen MR) is 118 cm³/mol. The van der Waals surface area contributed by atoms with Gasteiger partial charge in [0, 0.05) is 0 Å². The summed E-state index contributed by atoms with van der Waals surface area (Å²) in [6.45, 7) is 4.52. The molecular formula is C24H39NS. The van der Waals surface area contributed by atoms with Crippen molar-refractivity contribution in [2.45, 2.75) is 109 Å². The van der Waals surface area contributed by atoms with Crippen LogP contribution in [0.15, 0.2) is 28.8 Å². The second kappa shape index (κ2) is 11.9. The van der Waals surface area contributed by atoms with Crippen LogP contribution < -0.4 is 0 Å². The Kier molecular flexibility index (Phi) is 9.86. The molecule has 1 fully saturated rings. The molecule has 0 aromatic heterocycles. The van der Waals surface area contributed by atoms with Crippen molar-refractivity contribution in [2.75, 3.05) is 0 Å². The summed E-state index contributed by atoms with van der Waals surface area (Å²) in [7, 11) is 0. The summed E-state index contributed by atoms with van der Waals surface area (Å²) >= 11 is 4.99. The number of hydrogen-bond donors (Lipinski definition) is 0. The Morgan fingerprint density at radius 1 is 1.04 bits per heavy atom. The van der Waals surface area contributed by atoms with Crippen LogP contribution in [0.5, 0.6) is 0 Å². The Labute approximate surface area is 167 Å². The van der Waals surface area contributed by atoms with Gasteiger partial charge >= 0.3 is 0 Å². The number of unbranched alkanes of at least 4 members (excludes halogenated alkanes) is 6. The van der Waals surface area contributed by atoms with Gasteiger partial charge in [0.1, 0.15) is 0 Å². The van der Waals surface area contributed by atoms with Gasteiger partial charge in [-0.3, -0.25) is 0 Å². The molecule has 2 heteroatoms. The molecule has 0 saturated heterocycles. The maximum Gasteiger partial charge on any atom is 0.0956 e. The van der Waals surface area contributed by atoms with Gasteiger partial charge in [-0.1, -0.05) is 102 Å². The van der Waals surface area contributed by atoms with E-state index in [0.29, 0.717) is 5.92 Å². The van der Waals surface area contributed by atoms with E-state index in [1.165, 1.54) is 82.6 Å². The third-order valence-electron chi connectivity index (χ3n) is 6.71. The predicted octanol–water partition coefficient (Wildman–Crippen LogP) is 8.07. The Bertz CT molecular complexity index is 506. The van der Waals surface area contributed by atoms with E-state index in [9.17, 15) is 0 Å². The molecule has 2 aliphatic carbocycles. The van der Waals surface area contributed by atoms with E-state index in [4.69, 9.17) is 12.2 Å².